The van der Waals surface area contributed by atoms with Crippen molar-refractivity contribution in [3.63, 3.8) is 0 Å². The fourth-order valence-electron chi connectivity index (χ4n) is 2.75. The molecule has 0 spiro atoms. The number of aryl methyl sites for hydroxylation is 1. The van der Waals surface area contributed by atoms with Crippen LogP contribution < -0.4 is 10.9 Å². The standard InChI is InChI=1S/C18H16N6O2S2/c1-11-8-27-17-21-14(7-16(26)24(11)17)9-28-18-22-19-10-23(18)15-5-3-4-13(6-15)20-12(2)25/h3-8,10H,9H2,1-2H3,(H,20,25). The molecule has 1 aromatic carbocycles. The number of rotatable bonds is 5. The van der Waals surface area contributed by atoms with Crippen LogP contribution >= 0.6 is 23.1 Å². The van der Waals surface area contributed by atoms with Crippen LogP contribution in [-0.4, -0.2) is 30.1 Å². The number of anilines is 1. The summed E-state index contributed by atoms with van der Waals surface area (Å²) in [5, 5.41) is 13.5. The number of carbonyl (C=O) groups is 1. The van der Waals surface area contributed by atoms with Gasteiger partial charge < -0.3 is 5.32 Å². The van der Waals surface area contributed by atoms with Gasteiger partial charge in [0.2, 0.25) is 5.91 Å². The minimum absolute atomic E-state index is 0.0798. The number of thioether (sulfide) groups is 1. The maximum atomic E-state index is 12.3. The molecule has 0 aliphatic heterocycles. The van der Waals surface area contributed by atoms with Gasteiger partial charge in [0.1, 0.15) is 6.33 Å². The molecule has 4 rings (SSSR count). The highest BCUT2D eigenvalue weighted by molar-refractivity contribution is 7.98. The number of aromatic nitrogens is 5. The van der Waals surface area contributed by atoms with Gasteiger partial charge in [0.15, 0.2) is 10.1 Å². The van der Waals surface area contributed by atoms with Gasteiger partial charge in [-0.05, 0) is 25.1 Å². The van der Waals surface area contributed by atoms with Gasteiger partial charge in [-0.25, -0.2) is 4.98 Å². The van der Waals surface area contributed by atoms with Crippen molar-refractivity contribution in [2.24, 2.45) is 0 Å². The third-order valence-electron chi connectivity index (χ3n) is 3.94. The molecule has 0 unspecified atom stereocenters. The second-order valence-corrected chi connectivity index (χ2v) is 7.86. The average molecular weight is 413 g/mol. The molecule has 0 fully saturated rings. The first-order chi connectivity index (χ1) is 13.5. The Morgan fingerprint density at radius 1 is 1.32 bits per heavy atom. The van der Waals surface area contributed by atoms with Crippen molar-refractivity contribution in [2.75, 3.05) is 5.32 Å². The minimum atomic E-state index is -0.132. The van der Waals surface area contributed by atoms with Gasteiger partial charge in [0, 0.05) is 35.5 Å². The molecule has 0 aliphatic rings. The molecule has 3 heterocycles. The zero-order valence-electron chi connectivity index (χ0n) is 15.1. The summed E-state index contributed by atoms with van der Waals surface area (Å²) in [5.41, 5.74) is 3.02. The van der Waals surface area contributed by atoms with Crippen molar-refractivity contribution in [3.05, 3.63) is 63.8 Å². The number of nitrogens with zero attached hydrogens (tertiary/aromatic N) is 5. The third-order valence-corrected chi connectivity index (χ3v) is 5.86. The van der Waals surface area contributed by atoms with Gasteiger partial charge in [0.05, 0.1) is 11.4 Å². The zero-order valence-corrected chi connectivity index (χ0v) is 16.8. The first-order valence-corrected chi connectivity index (χ1v) is 10.3. The van der Waals surface area contributed by atoms with Crippen LogP contribution in [0, 0.1) is 6.92 Å². The van der Waals surface area contributed by atoms with Crippen LogP contribution in [0.15, 0.2) is 52.0 Å². The van der Waals surface area contributed by atoms with Crippen LogP contribution in [0.4, 0.5) is 5.69 Å². The Bertz CT molecular complexity index is 1230. The quantitative estimate of drug-likeness (QED) is 0.507. The SMILES string of the molecule is CC(=O)Nc1cccc(-n2cnnc2SCc2cc(=O)n3c(C)csc3n2)c1. The number of benzene rings is 1. The summed E-state index contributed by atoms with van der Waals surface area (Å²) in [4.78, 5) is 28.8. The highest BCUT2D eigenvalue weighted by atomic mass is 32.2. The predicted octanol–water partition coefficient (Wildman–Crippen LogP) is 2.90. The van der Waals surface area contributed by atoms with E-state index in [1.54, 1.807) is 16.8 Å². The van der Waals surface area contributed by atoms with Crippen molar-refractivity contribution < 1.29 is 4.79 Å². The number of hydrogen-bond donors (Lipinski definition) is 1. The predicted molar refractivity (Wildman–Crippen MR) is 109 cm³/mol. The van der Waals surface area contributed by atoms with Crippen LogP contribution in [0.1, 0.15) is 18.3 Å². The summed E-state index contributed by atoms with van der Waals surface area (Å²) in [6.45, 7) is 3.35. The smallest absolute Gasteiger partial charge is 0.258 e. The normalized spacial score (nSPS) is 11.1. The number of carbonyl (C=O) groups excluding carboxylic acids is 1. The number of nitrogens with one attached hydrogen (secondary N) is 1. The molecule has 142 valence electrons. The Balaban J connectivity index is 1.57. The molecular formula is C18H16N6O2S2. The Morgan fingerprint density at radius 3 is 3.00 bits per heavy atom. The van der Waals surface area contributed by atoms with E-state index < -0.39 is 0 Å². The van der Waals surface area contributed by atoms with Crippen molar-refractivity contribution in [1.82, 2.24) is 24.1 Å². The Morgan fingerprint density at radius 2 is 2.18 bits per heavy atom. The minimum Gasteiger partial charge on any atom is -0.326 e. The van der Waals surface area contributed by atoms with Crippen molar-refractivity contribution >= 4 is 39.7 Å². The van der Waals surface area contributed by atoms with Crippen molar-refractivity contribution in [1.29, 1.82) is 0 Å². The Kier molecular flexibility index (Phi) is 4.97. The average Bonchev–Trinajstić information content (AvgIpc) is 3.26. The van der Waals surface area contributed by atoms with Gasteiger partial charge in [0.25, 0.3) is 5.56 Å². The number of amides is 1. The molecule has 3 aromatic heterocycles. The van der Waals surface area contributed by atoms with E-state index in [1.165, 1.54) is 30.0 Å². The van der Waals surface area contributed by atoms with Crippen molar-refractivity contribution in [3.8, 4) is 5.69 Å². The fourth-order valence-corrected chi connectivity index (χ4v) is 4.46. The zero-order chi connectivity index (χ0) is 19.7. The molecule has 8 nitrogen and oxygen atoms in total. The maximum absolute atomic E-state index is 12.3. The fraction of sp³-hybridized carbons (Fsp3) is 0.167. The van der Waals surface area contributed by atoms with Gasteiger partial charge >= 0.3 is 0 Å². The molecule has 0 radical (unpaired) electrons. The highest BCUT2D eigenvalue weighted by Gasteiger charge is 2.11. The molecule has 0 bridgehead atoms. The first kappa shape index (κ1) is 18.4. The van der Waals surface area contributed by atoms with Crippen LogP contribution in [0.5, 0.6) is 0 Å². The molecule has 28 heavy (non-hydrogen) atoms. The van der Waals surface area contributed by atoms with E-state index in [0.717, 1.165) is 11.4 Å². The van der Waals surface area contributed by atoms with Crippen LogP contribution in [0.25, 0.3) is 10.6 Å². The summed E-state index contributed by atoms with van der Waals surface area (Å²) in [7, 11) is 0. The van der Waals surface area contributed by atoms with E-state index in [-0.39, 0.29) is 11.5 Å². The molecule has 4 aromatic rings. The largest absolute Gasteiger partial charge is 0.326 e. The van der Waals surface area contributed by atoms with E-state index in [4.69, 9.17) is 0 Å². The monoisotopic (exact) mass is 412 g/mol. The Labute approximate surface area is 168 Å². The number of hydrogen-bond acceptors (Lipinski definition) is 7. The molecule has 1 N–H and O–H groups in total. The second-order valence-electron chi connectivity index (χ2n) is 6.08. The Hall–Kier alpha value is -2.98. The molecule has 0 atom stereocenters. The maximum Gasteiger partial charge on any atom is 0.258 e. The van der Waals surface area contributed by atoms with Gasteiger partial charge in [-0.2, -0.15) is 0 Å². The van der Waals surface area contributed by atoms with E-state index in [1.807, 2.05) is 41.1 Å². The summed E-state index contributed by atoms with van der Waals surface area (Å²) in [6, 6.07) is 8.98. The van der Waals surface area contributed by atoms with E-state index in [0.29, 0.717) is 27.3 Å². The van der Waals surface area contributed by atoms with Crippen LogP contribution in [0.3, 0.4) is 0 Å². The van der Waals surface area contributed by atoms with Crippen LogP contribution in [-0.2, 0) is 10.5 Å². The second kappa shape index (κ2) is 7.56. The van der Waals surface area contributed by atoms with Gasteiger partial charge in [-0.15, -0.1) is 21.5 Å². The summed E-state index contributed by atoms with van der Waals surface area (Å²) in [5.74, 6) is 0.360. The lowest BCUT2D eigenvalue weighted by molar-refractivity contribution is -0.114. The van der Waals surface area contributed by atoms with Gasteiger partial charge in [-0.1, -0.05) is 17.8 Å². The summed E-state index contributed by atoms with van der Waals surface area (Å²) in [6.07, 6.45) is 1.61. The van der Waals surface area contributed by atoms with E-state index in [9.17, 15) is 9.59 Å². The summed E-state index contributed by atoms with van der Waals surface area (Å²) < 4.78 is 3.44. The number of fused-ring (bicyclic) bond motifs is 1. The molecule has 0 aliphatic carbocycles. The lowest BCUT2D eigenvalue weighted by Crippen LogP contribution is -2.14. The van der Waals surface area contributed by atoms with Crippen molar-refractivity contribution in [2.45, 2.75) is 24.8 Å². The van der Waals surface area contributed by atoms with E-state index >= 15 is 0 Å². The molecule has 0 saturated carbocycles. The first-order valence-electron chi connectivity index (χ1n) is 8.39. The molecule has 0 saturated heterocycles. The highest BCUT2D eigenvalue weighted by Crippen LogP contribution is 2.24. The summed E-state index contributed by atoms with van der Waals surface area (Å²) >= 11 is 2.89. The third kappa shape index (κ3) is 3.69. The van der Waals surface area contributed by atoms with Crippen LogP contribution in [0.2, 0.25) is 0 Å². The topological polar surface area (TPSA) is 94.2 Å². The molecule has 1 amide bonds. The van der Waals surface area contributed by atoms with E-state index in [2.05, 4.69) is 20.5 Å². The lowest BCUT2D eigenvalue weighted by Gasteiger charge is -2.08. The molecular weight excluding hydrogens is 396 g/mol. The lowest BCUT2D eigenvalue weighted by atomic mass is 10.2. The number of thiazole rings is 1. The van der Waals surface area contributed by atoms with Gasteiger partial charge in [-0.3, -0.25) is 18.6 Å². The molecule has 10 heteroatoms.